The first-order valence-corrected chi connectivity index (χ1v) is 7.58. The number of fused-ring (bicyclic) bond motifs is 1. The fraction of sp³-hybridized carbons (Fsp3) is 0.438. The molecule has 0 aliphatic rings. The van der Waals surface area contributed by atoms with Gasteiger partial charge in [0.15, 0.2) is 11.9 Å². The highest BCUT2D eigenvalue weighted by Gasteiger charge is 2.15. The summed E-state index contributed by atoms with van der Waals surface area (Å²) in [6, 6.07) is 5.95. The maximum Gasteiger partial charge on any atom is 0.298 e. The minimum absolute atomic E-state index is 0.454. The van der Waals surface area contributed by atoms with Crippen LogP contribution in [0.3, 0.4) is 0 Å². The normalized spacial score (nSPS) is 13.6. The summed E-state index contributed by atoms with van der Waals surface area (Å²) in [6.45, 7) is 2.65. The Hall–Kier alpha value is -1.56. The quantitative estimate of drug-likeness (QED) is 0.623. The molecular formula is C16H21ClN2O3. The molecule has 5 nitrogen and oxygen atoms in total. The number of anilines is 1. The van der Waals surface area contributed by atoms with Crippen molar-refractivity contribution in [2.24, 2.45) is 0 Å². The smallest absolute Gasteiger partial charge is 0.298 e. The van der Waals surface area contributed by atoms with Gasteiger partial charge in [-0.05, 0) is 24.1 Å². The lowest BCUT2D eigenvalue weighted by atomic mass is 10.1. The number of halogens is 1. The van der Waals surface area contributed by atoms with Gasteiger partial charge in [0.1, 0.15) is 5.52 Å². The molecule has 1 heterocycles. The van der Waals surface area contributed by atoms with E-state index in [0.717, 1.165) is 12.0 Å². The van der Waals surface area contributed by atoms with E-state index in [1.54, 1.807) is 6.07 Å². The number of aliphatic hydroxyl groups excluding tert-OH is 1. The van der Waals surface area contributed by atoms with Crippen LogP contribution in [0.4, 0.5) is 6.01 Å². The van der Waals surface area contributed by atoms with Crippen LogP contribution in [0, 0.1) is 0 Å². The second-order valence-electron chi connectivity index (χ2n) is 5.10. The lowest BCUT2D eigenvalue weighted by Crippen LogP contribution is -2.23. The number of nitrogens with zero attached hydrogens (tertiary/aromatic N) is 2. The summed E-state index contributed by atoms with van der Waals surface area (Å²) < 4.78 is 10.6. The maximum absolute atomic E-state index is 9.65. The molecule has 0 aliphatic heterocycles. The highest BCUT2D eigenvalue weighted by Crippen LogP contribution is 2.27. The molecule has 2 rings (SSSR count). The molecule has 0 radical (unpaired) electrons. The SMILES string of the molecule is CC/C=C(\CC(O)OC)CN(C)c1nc2c(Cl)cccc2o1. The molecule has 0 aliphatic carbocycles. The third-order valence-corrected chi connectivity index (χ3v) is 3.63. The van der Waals surface area contributed by atoms with Crippen LogP contribution in [-0.4, -0.2) is 37.1 Å². The zero-order valence-electron chi connectivity index (χ0n) is 13.0. The summed E-state index contributed by atoms with van der Waals surface area (Å²) in [7, 11) is 3.38. The Balaban J connectivity index is 2.16. The highest BCUT2D eigenvalue weighted by molar-refractivity contribution is 6.34. The molecule has 1 N–H and O–H groups in total. The fourth-order valence-corrected chi connectivity index (χ4v) is 2.46. The van der Waals surface area contributed by atoms with Crippen molar-refractivity contribution in [2.45, 2.75) is 26.1 Å². The molecule has 0 amide bonds. The fourth-order valence-electron chi connectivity index (χ4n) is 2.25. The third-order valence-electron chi connectivity index (χ3n) is 3.33. The molecule has 0 fully saturated rings. The first-order valence-electron chi connectivity index (χ1n) is 7.20. The highest BCUT2D eigenvalue weighted by atomic mass is 35.5. The number of benzene rings is 1. The van der Waals surface area contributed by atoms with Crippen molar-refractivity contribution >= 4 is 28.7 Å². The minimum atomic E-state index is -0.802. The summed E-state index contributed by atoms with van der Waals surface area (Å²) in [6.07, 6.45) is 2.62. The van der Waals surface area contributed by atoms with Crippen LogP contribution >= 0.6 is 11.6 Å². The van der Waals surface area contributed by atoms with Crippen molar-refractivity contribution in [1.29, 1.82) is 0 Å². The first kappa shape index (κ1) is 16.8. The van der Waals surface area contributed by atoms with Crippen LogP contribution in [0.25, 0.3) is 11.1 Å². The number of ether oxygens (including phenoxy) is 1. The second-order valence-corrected chi connectivity index (χ2v) is 5.51. The maximum atomic E-state index is 9.65. The lowest BCUT2D eigenvalue weighted by Gasteiger charge is -2.18. The number of allylic oxidation sites excluding steroid dienone is 1. The van der Waals surface area contributed by atoms with Gasteiger partial charge in [0, 0.05) is 27.1 Å². The molecule has 0 spiro atoms. The Morgan fingerprint density at radius 1 is 1.55 bits per heavy atom. The van der Waals surface area contributed by atoms with Gasteiger partial charge >= 0.3 is 0 Å². The molecule has 6 heteroatoms. The Morgan fingerprint density at radius 3 is 2.95 bits per heavy atom. The third kappa shape index (κ3) is 4.00. The molecule has 0 saturated carbocycles. The van der Waals surface area contributed by atoms with E-state index in [4.69, 9.17) is 20.8 Å². The van der Waals surface area contributed by atoms with Gasteiger partial charge in [0.25, 0.3) is 6.01 Å². The average Bonchev–Trinajstić information content (AvgIpc) is 2.93. The zero-order valence-corrected chi connectivity index (χ0v) is 13.8. The number of likely N-dealkylation sites (N-methyl/N-ethyl adjacent to an activating group) is 1. The number of hydrogen-bond acceptors (Lipinski definition) is 5. The average molecular weight is 325 g/mol. The van der Waals surface area contributed by atoms with Crippen LogP contribution in [0.2, 0.25) is 5.02 Å². The predicted molar refractivity (Wildman–Crippen MR) is 88.3 cm³/mol. The van der Waals surface area contributed by atoms with E-state index in [2.05, 4.69) is 18.0 Å². The van der Waals surface area contributed by atoms with E-state index >= 15 is 0 Å². The van der Waals surface area contributed by atoms with E-state index in [1.165, 1.54) is 7.11 Å². The number of oxazole rings is 1. The summed E-state index contributed by atoms with van der Waals surface area (Å²) >= 11 is 6.12. The topological polar surface area (TPSA) is 58.7 Å². The molecule has 0 saturated heterocycles. The van der Waals surface area contributed by atoms with Gasteiger partial charge in [-0.25, -0.2) is 0 Å². The molecule has 0 bridgehead atoms. The number of aromatic nitrogens is 1. The number of hydrogen-bond donors (Lipinski definition) is 1. The van der Waals surface area contributed by atoms with Crippen LogP contribution < -0.4 is 4.90 Å². The molecule has 120 valence electrons. The predicted octanol–water partition coefficient (Wildman–Crippen LogP) is 3.61. The summed E-state index contributed by atoms with van der Waals surface area (Å²) in [5.74, 6) is 0. The van der Waals surface area contributed by atoms with E-state index in [1.807, 2.05) is 24.1 Å². The summed E-state index contributed by atoms with van der Waals surface area (Å²) in [4.78, 5) is 6.32. The van der Waals surface area contributed by atoms with Crippen LogP contribution in [0.5, 0.6) is 0 Å². The summed E-state index contributed by atoms with van der Waals surface area (Å²) in [5.41, 5.74) is 2.38. The van der Waals surface area contributed by atoms with Gasteiger partial charge < -0.3 is 19.2 Å². The van der Waals surface area contributed by atoms with Crippen LogP contribution in [0.15, 0.2) is 34.3 Å². The van der Waals surface area contributed by atoms with Gasteiger partial charge in [-0.3, -0.25) is 0 Å². The molecule has 1 aromatic carbocycles. The lowest BCUT2D eigenvalue weighted by molar-refractivity contribution is -0.0721. The largest absolute Gasteiger partial charge is 0.423 e. The van der Waals surface area contributed by atoms with Crippen LogP contribution in [-0.2, 0) is 4.74 Å². The number of rotatable bonds is 7. The Bertz CT molecular complexity index is 654. The van der Waals surface area contributed by atoms with Gasteiger partial charge in [0.05, 0.1) is 5.02 Å². The Labute approximate surface area is 135 Å². The van der Waals surface area contributed by atoms with Crippen LogP contribution in [0.1, 0.15) is 19.8 Å². The standard InChI is InChI=1S/C16H21ClN2O3/c1-4-6-11(9-14(20)21-3)10-19(2)16-18-15-12(17)7-5-8-13(15)22-16/h5-8,14,20H,4,9-10H2,1-3H3/b11-6+. The monoisotopic (exact) mass is 324 g/mol. The van der Waals surface area contributed by atoms with Crippen molar-refractivity contribution in [3.63, 3.8) is 0 Å². The summed E-state index contributed by atoms with van der Waals surface area (Å²) in [5, 5.41) is 10.2. The Kier molecular flexibility index (Phi) is 5.83. The van der Waals surface area contributed by atoms with Gasteiger partial charge in [-0.15, -0.1) is 0 Å². The van der Waals surface area contributed by atoms with E-state index < -0.39 is 6.29 Å². The van der Waals surface area contributed by atoms with Crippen molar-refractivity contribution in [1.82, 2.24) is 4.98 Å². The second kappa shape index (κ2) is 7.63. The van der Waals surface area contributed by atoms with Crippen molar-refractivity contribution in [2.75, 3.05) is 25.6 Å². The van der Waals surface area contributed by atoms with Crippen molar-refractivity contribution < 1.29 is 14.3 Å². The molecule has 1 unspecified atom stereocenters. The van der Waals surface area contributed by atoms with E-state index in [0.29, 0.717) is 35.1 Å². The molecule has 1 atom stereocenters. The molecule has 2 aromatic rings. The number of aliphatic hydroxyl groups is 1. The number of methoxy groups -OCH3 is 1. The minimum Gasteiger partial charge on any atom is -0.423 e. The van der Waals surface area contributed by atoms with E-state index in [9.17, 15) is 5.11 Å². The molecular weight excluding hydrogens is 304 g/mol. The van der Waals surface area contributed by atoms with Gasteiger partial charge in [-0.2, -0.15) is 4.98 Å². The zero-order chi connectivity index (χ0) is 16.1. The van der Waals surface area contributed by atoms with Gasteiger partial charge in [0.2, 0.25) is 0 Å². The van der Waals surface area contributed by atoms with E-state index in [-0.39, 0.29) is 0 Å². The number of para-hydroxylation sites is 1. The Morgan fingerprint density at radius 2 is 2.32 bits per heavy atom. The van der Waals surface area contributed by atoms with Crippen molar-refractivity contribution in [3.05, 3.63) is 34.9 Å². The van der Waals surface area contributed by atoms with Gasteiger partial charge in [-0.1, -0.05) is 30.7 Å². The molecule has 1 aromatic heterocycles. The first-order chi connectivity index (χ1) is 10.5. The van der Waals surface area contributed by atoms with Crippen molar-refractivity contribution in [3.8, 4) is 0 Å². The molecule has 22 heavy (non-hydrogen) atoms.